The molecular weight excluding hydrogens is 757 g/mol. The summed E-state index contributed by atoms with van der Waals surface area (Å²) < 4.78 is 0. The van der Waals surface area contributed by atoms with Gasteiger partial charge in [-0.1, -0.05) is 228 Å². The molecule has 0 aromatic rings. The molecular formula is C63H116. The van der Waals surface area contributed by atoms with Crippen LogP contribution in [0.1, 0.15) is 305 Å². The van der Waals surface area contributed by atoms with Gasteiger partial charge < -0.3 is 0 Å². The van der Waals surface area contributed by atoms with Gasteiger partial charge in [0.1, 0.15) is 0 Å². The molecule has 0 heterocycles. The summed E-state index contributed by atoms with van der Waals surface area (Å²) in [4.78, 5) is 0. The Balaban J connectivity index is 0.000000140. The van der Waals surface area contributed by atoms with Crippen LogP contribution < -0.4 is 0 Å². The Morgan fingerprint density at radius 2 is 0.365 bits per heavy atom. The fourth-order valence-electron chi connectivity index (χ4n) is 16.8. The molecule has 0 unspecified atom stereocenters. The molecule has 10 rings (SSSR count). The lowest BCUT2D eigenvalue weighted by atomic mass is 9.66. The van der Waals surface area contributed by atoms with Crippen LogP contribution in [0, 0.1) is 94.7 Å². The first-order valence-corrected chi connectivity index (χ1v) is 30.7. The molecule has 0 amide bonds. The molecule has 0 atom stereocenters. The Bertz CT molecular complexity index is 1020. The third-order valence-corrected chi connectivity index (χ3v) is 21.6. The van der Waals surface area contributed by atoms with Crippen LogP contribution in [0.3, 0.4) is 0 Å². The van der Waals surface area contributed by atoms with E-state index in [2.05, 4.69) is 41.5 Å². The quantitative estimate of drug-likeness (QED) is 0.239. The van der Waals surface area contributed by atoms with Crippen LogP contribution in [0.25, 0.3) is 0 Å². The van der Waals surface area contributed by atoms with Crippen LogP contribution in [-0.2, 0) is 0 Å². The lowest BCUT2D eigenvalue weighted by Crippen LogP contribution is -2.29. The highest BCUT2D eigenvalue weighted by atomic mass is 14.4. The summed E-state index contributed by atoms with van der Waals surface area (Å²) in [6.07, 6.45) is 63.2. The smallest absolute Gasteiger partial charge is 0.0386 e. The average molecular weight is 874 g/mol. The van der Waals surface area contributed by atoms with E-state index >= 15 is 0 Å². The first kappa shape index (κ1) is 52.4. The standard InChI is InChI=1S/C22H38.C15H28.C10H18.2C8H16/c1-2-6-17(5-1)19-9-13-21(14-10-19)22-15-11-20(12-16-22)18-7-3-4-8-18;1-12(2)13-8-10-15(11-9-13)14-6-4-3-5-7-14;1-2-6-9(5-1)10-7-3-4-8-10;1-7-3-5-8(2)6-4-7;1-7(2)8-5-3-4-6-8/h17-22H,1-16H2;12-15H,3-11H2,1-2H3;9-10H,1-8H2;2*7-8H,3-6H2,1-2H3. The van der Waals surface area contributed by atoms with Gasteiger partial charge in [0.15, 0.2) is 0 Å². The van der Waals surface area contributed by atoms with Crippen molar-refractivity contribution in [2.45, 2.75) is 305 Å². The SMILES string of the molecule is C1CCC(C2CCC(C3CCC(C4CCCC4)CC3)CC2)C1.C1CCC(C2CCCC2)C1.CC(C)C1CCC(C2CCCCC2)CC1.CC(C)C1CCCC1.CC1CCC(C)CC1. The van der Waals surface area contributed by atoms with Gasteiger partial charge in [0.2, 0.25) is 0 Å². The Labute approximate surface area is 397 Å². The molecule has 10 aliphatic carbocycles. The molecule has 0 aromatic carbocycles. The second kappa shape index (κ2) is 29.1. The van der Waals surface area contributed by atoms with E-state index in [0.717, 1.165) is 94.7 Å². The Morgan fingerprint density at radius 3 is 0.587 bits per heavy atom. The van der Waals surface area contributed by atoms with Gasteiger partial charge >= 0.3 is 0 Å². The molecule has 0 N–H and O–H groups in total. The summed E-state index contributed by atoms with van der Waals surface area (Å²) in [5.41, 5.74) is 0. The highest BCUT2D eigenvalue weighted by molar-refractivity contribution is 4.88. The molecule has 10 aliphatic rings. The predicted octanol–water partition coefficient (Wildman–Crippen LogP) is 21.0. The van der Waals surface area contributed by atoms with Gasteiger partial charge in [-0.3, -0.25) is 0 Å². The Kier molecular flexibility index (Phi) is 24.2. The lowest BCUT2D eigenvalue weighted by Gasteiger charge is -2.40. The zero-order valence-corrected chi connectivity index (χ0v) is 44.2. The van der Waals surface area contributed by atoms with Crippen molar-refractivity contribution in [2.75, 3.05) is 0 Å². The fraction of sp³-hybridized carbons (Fsp3) is 1.00. The molecule has 0 spiro atoms. The number of rotatable bonds is 7. The molecule has 63 heavy (non-hydrogen) atoms. The maximum absolute atomic E-state index is 2.41. The molecule has 0 nitrogen and oxygen atoms in total. The van der Waals surface area contributed by atoms with Gasteiger partial charge in [-0.25, -0.2) is 0 Å². The summed E-state index contributed by atoms with van der Waals surface area (Å²) in [5, 5.41) is 0. The monoisotopic (exact) mass is 873 g/mol. The third kappa shape index (κ3) is 18.1. The van der Waals surface area contributed by atoms with E-state index in [0.29, 0.717) is 0 Å². The number of hydrogen-bond donors (Lipinski definition) is 0. The molecule has 0 saturated heterocycles. The van der Waals surface area contributed by atoms with Crippen molar-refractivity contribution in [3.63, 3.8) is 0 Å². The highest BCUT2D eigenvalue weighted by Gasteiger charge is 2.36. The van der Waals surface area contributed by atoms with E-state index in [4.69, 9.17) is 0 Å². The third-order valence-electron chi connectivity index (χ3n) is 21.6. The van der Waals surface area contributed by atoms with Crippen molar-refractivity contribution >= 4 is 0 Å². The average Bonchev–Trinajstić information content (AvgIpc) is 4.18. The van der Waals surface area contributed by atoms with Crippen molar-refractivity contribution in [3.8, 4) is 0 Å². The maximum Gasteiger partial charge on any atom is -0.0386 e. The van der Waals surface area contributed by atoms with Gasteiger partial charge in [0, 0.05) is 0 Å². The van der Waals surface area contributed by atoms with E-state index < -0.39 is 0 Å². The minimum absolute atomic E-state index is 0.928. The first-order chi connectivity index (χ1) is 30.7. The zero-order valence-electron chi connectivity index (χ0n) is 44.2. The summed E-state index contributed by atoms with van der Waals surface area (Å²) in [7, 11) is 0. The zero-order chi connectivity index (χ0) is 44.2. The summed E-state index contributed by atoms with van der Waals surface area (Å²) in [5.74, 6) is 17.4. The van der Waals surface area contributed by atoms with Crippen LogP contribution in [0.2, 0.25) is 0 Å². The van der Waals surface area contributed by atoms with E-state index in [9.17, 15) is 0 Å². The van der Waals surface area contributed by atoms with Gasteiger partial charge in [0.05, 0.1) is 0 Å². The summed E-state index contributed by atoms with van der Waals surface area (Å²) >= 11 is 0. The van der Waals surface area contributed by atoms with Crippen LogP contribution in [0.5, 0.6) is 0 Å². The van der Waals surface area contributed by atoms with E-state index in [1.54, 1.807) is 128 Å². The minimum Gasteiger partial charge on any atom is -0.0625 e. The fourth-order valence-corrected chi connectivity index (χ4v) is 16.8. The predicted molar refractivity (Wildman–Crippen MR) is 279 cm³/mol. The second-order valence-electron chi connectivity index (χ2n) is 26.5. The Morgan fingerprint density at radius 1 is 0.190 bits per heavy atom. The summed E-state index contributed by atoms with van der Waals surface area (Å²) in [6, 6.07) is 0. The molecule has 0 heteroatoms. The summed E-state index contributed by atoms with van der Waals surface area (Å²) in [6.45, 7) is 14.2. The lowest BCUT2D eigenvalue weighted by molar-refractivity contribution is 0.112. The van der Waals surface area contributed by atoms with Crippen LogP contribution in [-0.4, -0.2) is 0 Å². The van der Waals surface area contributed by atoms with Crippen molar-refractivity contribution in [1.29, 1.82) is 0 Å². The van der Waals surface area contributed by atoms with Crippen LogP contribution in [0.15, 0.2) is 0 Å². The van der Waals surface area contributed by atoms with Gasteiger partial charge in [-0.2, -0.15) is 0 Å². The second-order valence-corrected chi connectivity index (χ2v) is 26.5. The molecule has 368 valence electrons. The molecule has 0 radical (unpaired) electrons. The molecule has 0 aromatic heterocycles. The van der Waals surface area contributed by atoms with Crippen molar-refractivity contribution in [1.82, 2.24) is 0 Å². The van der Waals surface area contributed by atoms with Crippen LogP contribution in [0.4, 0.5) is 0 Å². The first-order valence-electron chi connectivity index (χ1n) is 30.7. The van der Waals surface area contributed by atoms with Crippen molar-refractivity contribution in [3.05, 3.63) is 0 Å². The van der Waals surface area contributed by atoms with Crippen molar-refractivity contribution < 1.29 is 0 Å². The topological polar surface area (TPSA) is 0 Å². The molecule has 10 saturated carbocycles. The normalized spacial score (nSPS) is 35.6. The minimum atomic E-state index is 0.928. The maximum atomic E-state index is 2.41. The largest absolute Gasteiger partial charge is 0.0625 e. The van der Waals surface area contributed by atoms with Gasteiger partial charge in [-0.05, 0) is 172 Å². The van der Waals surface area contributed by atoms with E-state index in [1.165, 1.54) is 135 Å². The Hall–Kier alpha value is 0. The van der Waals surface area contributed by atoms with Gasteiger partial charge in [0.25, 0.3) is 0 Å². The molecule has 0 bridgehead atoms. The highest BCUT2D eigenvalue weighted by Crippen LogP contribution is 2.48. The number of hydrogen-bond acceptors (Lipinski definition) is 0. The molecule has 10 fully saturated rings. The van der Waals surface area contributed by atoms with Crippen molar-refractivity contribution in [2.24, 2.45) is 94.7 Å². The molecule has 0 aliphatic heterocycles. The van der Waals surface area contributed by atoms with E-state index in [-0.39, 0.29) is 0 Å². The van der Waals surface area contributed by atoms with Crippen LogP contribution >= 0.6 is 0 Å². The van der Waals surface area contributed by atoms with Gasteiger partial charge in [-0.15, -0.1) is 0 Å². The van der Waals surface area contributed by atoms with E-state index in [1.807, 2.05) is 0 Å².